The zero-order valence-corrected chi connectivity index (χ0v) is 13.2. The number of nitrogens with zero attached hydrogens (tertiary/aromatic N) is 2. The van der Waals surface area contributed by atoms with Crippen LogP contribution in [-0.2, 0) is 14.3 Å². The van der Waals surface area contributed by atoms with Gasteiger partial charge in [0.25, 0.3) is 0 Å². The van der Waals surface area contributed by atoms with Crippen LogP contribution in [0.25, 0.3) is 0 Å². The van der Waals surface area contributed by atoms with Gasteiger partial charge in [-0.2, -0.15) is 0 Å². The van der Waals surface area contributed by atoms with Crippen molar-refractivity contribution in [2.75, 3.05) is 37.7 Å². The monoisotopic (exact) mass is 302 g/mol. The van der Waals surface area contributed by atoms with Gasteiger partial charge in [-0.15, -0.1) is 0 Å². The third kappa shape index (κ3) is 2.86. The molecule has 5 nitrogen and oxygen atoms in total. The molecular formula is C17H22N2O3. The molecule has 2 fully saturated rings. The molecule has 0 N–H and O–H groups in total. The van der Waals surface area contributed by atoms with E-state index in [-0.39, 0.29) is 17.7 Å². The van der Waals surface area contributed by atoms with E-state index < -0.39 is 0 Å². The Morgan fingerprint density at radius 3 is 2.64 bits per heavy atom. The molecule has 3 rings (SSSR count). The summed E-state index contributed by atoms with van der Waals surface area (Å²) >= 11 is 0. The van der Waals surface area contributed by atoms with E-state index >= 15 is 0 Å². The maximum Gasteiger partial charge on any atom is 0.228 e. The van der Waals surface area contributed by atoms with Gasteiger partial charge in [0.2, 0.25) is 11.8 Å². The van der Waals surface area contributed by atoms with Crippen molar-refractivity contribution in [1.29, 1.82) is 0 Å². The number of anilines is 1. The predicted molar refractivity (Wildman–Crippen MR) is 83.8 cm³/mol. The molecule has 0 aromatic heterocycles. The van der Waals surface area contributed by atoms with Crippen molar-refractivity contribution in [1.82, 2.24) is 4.90 Å². The van der Waals surface area contributed by atoms with E-state index in [0.29, 0.717) is 39.3 Å². The molecular weight excluding hydrogens is 280 g/mol. The minimum Gasteiger partial charge on any atom is -0.378 e. The Labute approximate surface area is 130 Å². The summed E-state index contributed by atoms with van der Waals surface area (Å²) in [6, 6.07) is 6.05. The molecule has 2 saturated heterocycles. The quantitative estimate of drug-likeness (QED) is 0.832. The lowest BCUT2D eigenvalue weighted by Gasteiger charge is -2.29. The minimum atomic E-state index is -0.230. The summed E-state index contributed by atoms with van der Waals surface area (Å²) in [6.45, 7) is 6.97. The highest BCUT2D eigenvalue weighted by Gasteiger charge is 2.37. The van der Waals surface area contributed by atoms with Crippen molar-refractivity contribution in [3.05, 3.63) is 29.3 Å². The summed E-state index contributed by atoms with van der Waals surface area (Å²) in [5.41, 5.74) is 3.18. The zero-order valence-electron chi connectivity index (χ0n) is 13.2. The largest absolute Gasteiger partial charge is 0.378 e. The number of aryl methyl sites for hydroxylation is 2. The second kappa shape index (κ2) is 6.08. The Morgan fingerprint density at radius 2 is 1.95 bits per heavy atom. The Morgan fingerprint density at radius 1 is 1.23 bits per heavy atom. The average molecular weight is 302 g/mol. The van der Waals surface area contributed by atoms with Crippen molar-refractivity contribution in [2.24, 2.45) is 5.92 Å². The number of morpholine rings is 1. The van der Waals surface area contributed by atoms with Crippen LogP contribution in [0.5, 0.6) is 0 Å². The lowest BCUT2D eigenvalue weighted by Crippen LogP contribution is -2.44. The number of ether oxygens (including phenoxy) is 1. The van der Waals surface area contributed by atoms with E-state index in [0.717, 1.165) is 11.3 Å². The highest BCUT2D eigenvalue weighted by atomic mass is 16.5. The van der Waals surface area contributed by atoms with Gasteiger partial charge in [0, 0.05) is 31.7 Å². The zero-order chi connectivity index (χ0) is 15.7. The molecule has 5 heteroatoms. The Bertz CT molecular complexity index is 594. The fraction of sp³-hybridized carbons (Fsp3) is 0.529. The van der Waals surface area contributed by atoms with E-state index in [2.05, 4.69) is 6.07 Å². The lowest BCUT2D eigenvalue weighted by molar-refractivity contribution is -0.139. The molecule has 2 aliphatic heterocycles. The maximum absolute atomic E-state index is 12.6. The van der Waals surface area contributed by atoms with Gasteiger partial charge in [0.1, 0.15) is 0 Å². The topological polar surface area (TPSA) is 49.9 Å². The van der Waals surface area contributed by atoms with Gasteiger partial charge in [0.15, 0.2) is 0 Å². The van der Waals surface area contributed by atoms with Gasteiger partial charge in [-0.25, -0.2) is 0 Å². The maximum atomic E-state index is 12.6. The predicted octanol–water partition coefficient (Wildman–Crippen LogP) is 1.52. The van der Waals surface area contributed by atoms with Gasteiger partial charge in [-0.3, -0.25) is 9.59 Å². The van der Waals surface area contributed by atoms with Crippen molar-refractivity contribution in [2.45, 2.75) is 20.3 Å². The molecule has 1 aromatic rings. The van der Waals surface area contributed by atoms with E-state index in [1.54, 1.807) is 4.90 Å². The fourth-order valence-corrected chi connectivity index (χ4v) is 3.26. The summed E-state index contributed by atoms with van der Waals surface area (Å²) in [4.78, 5) is 28.5. The summed E-state index contributed by atoms with van der Waals surface area (Å²) in [6.07, 6.45) is 0.309. The average Bonchev–Trinajstić information content (AvgIpc) is 2.89. The number of hydrogen-bond donors (Lipinski definition) is 0. The first-order valence-electron chi connectivity index (χ1n) is 7.80. The van der Waals surface area contributed by atoms with E-state index in [1.165, 1.54) is 5.56 Å². The Balaban J connectivity index is 1.74. The van der Waals surface area contributed by atoms with Crippen molar-refractivity contribution < 1.29 is 14.3 Å². The molecule has 0 bridgehead atoms. The van der Waals surface area contributed by atoms with Crippen LogP contribution < -0.4 is 4.90 Å². The van der Waals surface area contributed by atoms with Crippen molar-refractivity contribution in [3.8, 4) is 0 Å². The van der Waals surface area contributed by atoms with Gasteiger partial charge >= 0.3 is 0 Å². The summed E-state index contributed by atoms with van der Waals surface area (Å²) in [5.74, 6) is -0.103. The molecule has 0 saturated carbocycles. The highest BCUT2D eigenvalue weighted by molar-refractivity contribution is 6.00. The molecule has 0 spiro atoms. The van der Waals surface area contributed by atoms with Crippen LogP contribution in [0.15, 0.2) is 18.2 Å². The normalized spacial score (nSPS) is 22.3. The van der Waals surface area contributed by atoms with E-state index in [9.17, 15) is 9.59 Å². The molecule has 0 radical (unpaired) electrons. The number of benzene rings is 1. The SMILES string of the molecule is Cc1ccc(N2C[C@@H](C(=O)N3CCOCC3)CC2=O)c(C)c1. The van der Waals surface area contributed by atoms with Crippen LogP contribution in [-0.4, -0.2) is 49.6 Å². The van der Waals surface area contributed by atoms with Crippen LogP contribution in [0, 0.1) is 19.8 Å². The van der Waals surface area contributed by atoms with Gasteiger partial charge in [-0.1, -0.05) is 17.7 Å². The Hall–Kier alpha value is -1.88. The smallest absolute Gasteiger partial charge is 0.228 e. The first kappa shape index (κ1) is 15.0. The number of carbonyl (C=O) groups excluding carboxylic acids is 2. The molecule has 22 heavy (non-hydrogen) atoms. The lowest BCUT2D eigenvalue weighted by atomic mass is 10.1. The molecule has 1 aromatic carbocycles. The summed E-state index contributed by atoms with van der Waals surface area (Å²) in [5, 5.41) is 0. The van der Waals surface area contributed by atoms with Crippen LogP contribution in [0.3, 0.4) is 0 Å². The third-order valence-electron chi connectivity index (χ3n) is 4.44. The second-order valence-corrected chi connectivity index (χ2v) is 6.13. The standard InChI is InChI=1S/C17H22N2O3/c1-12-3-4-15(13(2)9-12)19-11-14(10-16(19)20)17(21)18-5-7-22-8-6-18/h3-4,9,14H,5-8,10-11H2,1-2H3/t14-/m0/s1. The molecule has 2 heterocycles. The van der Waals surface area contributed by atoms with Crippen LogP contribution in [0.4, 0.5) is 5.69 Å². The fourth-order valence-electron chi connectivity index (χ4n) is 3.26. The highest BCUT2D eigenvalue weighted by Crippen LogP contribution is 2.29. The van der Waals surface area contributed by atoms with Crippen LogP contribution in [0.1, 0.15) is 17.5 Å². The second-order valence-electron chi connectivity index (χ2n) is 6.13. The number of amides is 2. The minimum absolute atomic E-state index is 0.0403. The molecule has 118 valence electrons. The summed E-state index contributed by atoms with van der Waals surface area (Å²) in [7, 11) is 0. The van der Waals surface area contributed by atoms with E-state index in [1.807, 2.05) is 30.9 Å². The molecule has 0 aliphatic carbocycles. The van der Waals surface area contributed by atoms with Gasteiger partial charge in [0.05, 0.1) is 19.1 Å². The van der Waals surface area contributed by atoms with Crippen molar-refractivity contribution in [3.63, 3.8) is 0 Å². The number of hydrogen-bond acceptors (Lipinski definition) is 3. The molecule has 0 unspecified atom stereocenters. The van der Waals surface area contributed by atoms with Gasteiger partial charge < -0.3 is 14.5 Å². The Kier molecular flexibility index (Phi) is 4.16. The molecule has 2 aliphatic rings. The van der Waals surface area contributed by atoms with Crippen LogP contribution in [0.2, 0.25) is 0 Å². The van der Waals surface area contributed by atoms with Crippen LogP contribution >= 0.6 is 0 Å². The molecule has 2 amide bonds. The summed E-state index contributed by atoms with van der Waals surface area (Å²) < 4.78 is 5.28. The van der Waals surface area contributed by atoms with Gasteiger partial charge in [-0.05, 0) is 25.5 Å². The van der Waals surface area contributed by atoms with Crippen molar-refractivity contribution >= 4 is 17.5 Å². The number of rotatable bonds is 2. The number of carbonyl (C=O) groups is 2. The van der Waals surface area contributed by atoms with E-state index in [4.69, 9.17) is 4.74 Å². The molecule has 1 atom stereocenters. The first-order valence-corrected chi connectivity index (χ1v) is 7.80. The third-order valence-corrected chi connectivity index (χ3v) is 4.44. The first-order chi connectivity index (χ1) is 10.6.